The summed E-state index contributed by atoms with van der Waals surface area (Å²) in [5.74, 6) is 0.445. The summed E-state index contributed by atoms with van der Waals surface area (Å²) >= 11 is 0. The van der Waals surface area contributed by atoms with Gasteiger partial charge < -0.3 is 10.1 Å². The number of fused-ring (bicyclic) bond motifs is 1. The molecule has 0 radical (unpaired) electrons. The first-order valence-electron chi connectivity index (χ1n) is 9.10. The Hall–Kier alpha value is -2.54. The molecule has 7 heteroatoms. The molecule has 1 aliphatic heterocycles. The molecule has 27 heavy (non-hydrogen) atoms. The van der Waals surface area contributed by atoms with Crippen molar-refractivity contribution in [1.29, 1.82) is 0 Å². The quantitative estimate of drug-likeness (QED) is 0.790. The number of nitrogens with one attached hydrogen (secondary N) is 1. The van der Waals surface area contributed by atoms with E-state index in [1.807, 2.05) is 31.2 Å². The lowest BCUT2D eigenvalue weighted by molar-refractivity contribution is -0.118. The minimum absolute atomic E-state index is 0.112. The maximum Gasteiger partial charge on any atom is 0.262 e. The van der Waals surface area contributed by atoms with Crippen LogP contribution in [0.5, 0.6) is 5.75 Å². The Labute approximate surface area is 160 Å². The Kier molecular flexibility index (Phi) is 6.01. The Morgan fingerprint density at radius 3 is 2.70 bits per heavy atom. The molecular formula is C20H24N2O4S. The summed E-state index contributed by atoms with van der Waals surface area (Å²) in [6.07, 6.45) is 2.20. The van der Waals surface area contributed by atoms with Crippen LogP contribution in [0.2, 0.25) is 0 Å². The van der Waals surface area contributed by atoms with Crippen molar-refractivity contribution in [3.8, 4) is 5.75 Å². The third-order valence-electron chi connectivity index (χ3n) is 4.36. The van der Waals surface area contributed by atoms with E-state index in [2.05, 4.69) is 5.32 Å². The summed E-state index contributed by atoms with van der Waals surface area (Å²) in [6, 6.07) is 14.5. The lowest BCUT2D eigenvalue weighted by Crippen LogP contribution is -2.37. The van der Waals surface area contributed by atoms with Crippen LogP contribution < -0.4 is 14.4 Å². The third-order valence-corrected chi connectivity index (χ3v) is 6.33. The van der Waals surface area contributed by atoms with Crippen LogP contribution in [-0.4, -0.2) is 33.2 Å². The van der Waals surface area contributed by atoms with Crippen LogP contribution in [0.4, 0.5) is 11.4 Å². The third kappa shape index (κ3) is 4.80. The number of hydrogen-bond donors (Lipinski definition) is 1. The highest BCUT2D eigenvalue weighted by Crippen LogP contribution is 2.32. The summed E-state index contributed by atoms with van der Waals surface area (Å²) in [4.78, 5) is 12.2. The number of hydrogen-bond acceptors (Lipinski definition) is 4. The van der Waals surface area contributed by atoms with Crippen molar-refractivity contribution in [2.24, 2.45) is 0 Å². The van der Waals surface area contributed by atoms with Crippen LogP contribution in [-0.2, 0) is 21.2 Å². The van der Waals surface area contributed by atoms with E-state index < -0.39 is 10.0 Å². The Bertz CT molecular complexity index is 897. The van der Waals surface area contributed by atoms with E-state index in [4.69, 9.17) is 4.74 Å². The summed E-state index contributed by atoms with van der Waals surface area (Å²) < 4.78 is 32.0. The number of sulfonamides is 1. The van der Waals surface area contributed by atoms with E-state index in [9.17, 15) is 13.2 Å². The van der Waals surface area contributed by atoms with Gasteiger partial charge >= 0.3 is 0 Å². The molecular weight excluding hydrogens is 364 g/mol. The second-order valence-electron chi connectivity index (χ2n) is 6.49. The van der Waals surface area contributed by atoms with Crippen LogP contribution >= 0.6 is 0 Å². The van der Waals surface area contributed by atoms with Crippen LogP contribution in [0.15, 0.2) is 48.5 Å². The molecule has 2 aromatic carbocycles. The molecule has 0 saturated carbocycles. The van der Waals surface area contributed by atoms with E-state index in [1.165, 1.54) is 4.31 Å². The van der Waals surface area contributed by atoms with Crippen molar-refractivity contribution < 1.29 is 17.9 Å². The molecule has 0 bridgehead atoms. The zero-order valence-electron chi connectivity index (χ0n) is 15.3. The molecule has 1 aliphatic rings. The van der Waals surface area contributed by atoms with Gasteiger partial charge in [0, 0.05) is 12.2 Å². The standard InChI is InChI=1S/C20H24N2O4S/c1-2-13-27(24,25)22-12-6-7-16-10-11-17(14-19(16)22)21-20(23)15-26-18-8-4-3-5-9-18/h3-5,8-11,14H,2,6-7,12-13,15H2,1H3,(H,21,23). The second-order valence-corrected chi connectivity index (χ2v) is 8.50. The molecule has 0 spiro atoms. The van der Waals surface area contributed by atoms with Crippen molar-refractivity contribution in [1.82, 2.24) is 0 Å². The number of anilines is 2. The molecule has 1 heterocycles. The lowest BCUT2D eigenvalue weighted by Gasteiger charge is -2.31. The van der Waals surface area contributed by atoms with Crippen molar-refractivity contribution in [3.63, 3.8) is 0 Å². The highest BCUT2D eigenvalue weighted by molar-refractivity contribution is 7.92. The van der Waals surface area contributed by atoms with Crippen molar-refractivity contribution in [2.45, 2.75) is 26.2 Å². The zero-order chi connectivity index (χ0) is 19.3. The number of aryl methyl sites for hydroxylation is 1. The van der Waals surface area contributed by atoms with Crippen molar-refractivity contribution >= 4 is 27.3 Å². The van der Waals surface area contributed by atoms with Gasteiger partial charge in [-0.15, -0.1) is 0 Å². The number of nitrogens with zero attached hydrogens (tertiary/aromatic N) is 1. The molecule has 6 nitrogen and oxygen atoms in total. The van der Waals surface area contributed by atoms with Gasteiger partial charge in [0.1, 0.15) is 5.75 Å². The molecule has 2 aromatic rings. The predicted molar refractivity (Wildman–Crippen MR) is 107 cm³/mol. The average Bonchev–Trinajstić information content (AvgIpc) is 2.66. The molecule has 3 rings (SSSR count). The van der Waals surface area contributed by atoms with Gasteiger partial charge in [-0.3, -0.25) is 9.10 Å². The monoisotopic (exact) mass is 388 g/mol. The highest BCUT2D eigenvalue weighted by atomic mass is 32.2. The van der Waals surface area contributed by atoms with E-state index in [1.54, 1.807) is 24.3 Å². The zero-order valence-corrected chi connectivity index (χ0v) is 16.2. The van der Waals surface area contributed by atoms with Gasteiger partial charge in [0.25, 0.3) is 5.91 Å². The summed E-state index contributed by atoms with van der Waals surface area (Å²) in [7, 11) is -3.34. The van der Waals surface area contributed by atoms with Gasteiger partial charge in [-0.25, -0.2) is 8.42 Å². The fraction of sp³-hybridized carbons (Fsp3) is 0.350. The molecule has 0 fully saturated rings. The smallest absolute Gasteiger partial charge is 0.262 e. The lowest BCUT2D eigenvalue weighted by atomic mass is 10.0. The topological polar surface area (TPSA) is 75.7 Å². The largest absolute Gasteiger partial charge is 0.484 e. The number of amides is 1. The fourth-order valence-electron chi connectivity index (χ4n) is 3.14. The minimum Gasteiger partial charge on any atom is -0.484 e. The van der Waals surface area contributed by atoms with Crippen LogP contribution in [0, 0.1) is 0 Å². The molecule has 144 valence electrons. The first-order valence-corrected chi connectivity index (χ1v) is 10.7. The van der Waals surface area contributed by atoms with Gasteiger partial charge in [0.2, 0.25) is 10.0 Å². The molecule has 0 saturated heterocycles. The Morgan fingerprint density at radius 1 is 1.19 bits per heavy atom. The molecule has 0 aliphatic carbocycles. The first kappa shape index (κ1) is 19.2. The SMILES string of the molecule is CCCS(=O)(=O)N1CCCc2ccc(NC(=O)COc3ccccc3)cc21. The predicted octanol–water partition coefficient (Wildman–Crippen LogP) is 3.20. The van der Waals surface area contributed by atoms with Gasteiger partial charge in [0.15, 0.2) is 6.61 Å². The van der Waals surface area contributed by atoms with Crippen molar-refractivity contribution in [3.05, 3.63) is 54.1 Å². The Morgan fingerprint density at radius 2 is 1.96 bits per heavy atom. The van der Waals surface area contributed by atoms with Crippen molar-refractivity contribution in [2.75, 3.05) is 28.5 Å². The second kappa shape index (κ2) is 8.43. The molecule has 0 unspecified atom stereocenters. The van der Waals surface area contributed by atoms with E-state index >= 15 is 0 Å². The van der Waals surface area contributed by atoms with Gasteiger partial charge in [-0.1, -0.05) is 31.2 Å². The number of para-hydroxylation sites is 1. The van der Waals surface area contributed by atoms with Gasteiger partial charge in [-0.05, 0) is 49.1 Å². The van der Waals surface area contributed by atoms with E-state index in [-0.39, 0.29) is 18.3 Å². The number of carbonyl (C=O) groups excluding carboxylic acids is 1. The maximum atomic E-state index is 12.6. The van der Waals surface area contributed by atoms with E-state index in [0.29, 0.717) is 30.1 Å². The number of benzene rings is 2. The number of rotatable bonds is 7. The average molecular weight is 388 g/mol. The molecule has 0 atom stereocenters. The first-order chi connectivity index (χ1) is 13.0. The van der Waals surface area contributed by atoms with Gasteiger partial charge in [-0.2, -0.15) is 0 Å². The van der Waals surface area contributed by atoms with Gasteiger partial charge in [0.05, 0.1) is 11.4 Å². The molecule has 0 aromatic heterocycles. The summed E-state index contributed by atoms with van der Waals surface area (Å²) in [5, 5.41) is 2.78. The number of carbonyl (C=O) groups is 1. The summed E-state index contributed by atoms with van der Waals surface area (Å²) in [6.45, 7) is 2.22. The normalized spacial score (nSPS) is 13.7. The number of ether oxygens (including phenoxy) is 1. The fourth-order valence-corrected chi connectivity index (χ4v) is 4.75. The van der Waals surface area contributed by atoms with Crippen LogP contribution in [0.1, 0.15) is 25.3 Å². The van der Waals surface area contributed by atoms with Crippen LogP contribution in [0.25, 0.3) is 0 Å². The highest BCUT2D eigenvalue weighted by Gasteiger charge is 2.27. The maximum absolute atomic E-state index is 12.6. The minimum atomic E-state index is -3.34. The molecule has 1 N–H and O–H groups in total. The van der Waals surface area contributed by atoms with E-state index in [0.717, 1.165) is 18.4 Å². The van der Waals surface area contributed by atoms with Crippen LogP contribution in [0.3, 0.4) is 0 Å². The summed E-state index contributed by atoms with van der Waals surface area (Å²) in [5.41, 5.74) is 2.21. The Balaban J connectivity index is 1.71. The molecule has 1 amide bonds.